The lowest BCUT2D eigenvalue weighted by Gasteiger charge is -2.31. The molecule has 0 aromatic heterocycles. The van der Waals surface area contributed by atoms with Gasteiger partial charge in [0, 0.05) is 12.6 Å². The van der Waals surface area contributed by atoms with Gasteiger partial charge in [-0.1, -0.05) is 26.2 Å². The molecule has 1 heterocycles. The van der Waals surface area contributed by atoms with E-state index in [0.717, 1.165) is 25.1 Å². The molecule has 0 radical (unpaired) electrons. The van der Waals surface area contributed by atoms with E-state index >= 15 is 0 Å². The molecule has 0 amide bonds. The van der Waals surface area contributed by atoms with E-state index in [-0.39, 0.29) is 0 Å². The summed E-state index contributed by atoms with van der Waals surface area (Å²) < 4.78 is 5.82. The summed E-state index contributed by atoms with van der Waals surface area (Å²) in [6.07, 6.45) is 12.9. The minimum atomic E-state index is 0.561. The average molecular weight is 239 g/mol. The third-order valence-corrected chi connectivity index (χ3v) is 4.45. The molecule has 2 unspecified atom stereocenters. The van der Waals surface area contributed by atoms with Gasteiger partial charge < -0.3 is 10.1 Å². The van der Waals surface area contributed by atoms with Crippen molar-refractivity contribution >= 4 is 0 Å². The first-order valence-electron chi connectivity index (χ1n) is 7.73. The normalized spacial score (nSPS) is 27.7. The van der Waals surface area contributed by atoms with Crippen molar-refractivity contribution in [2.45, 2.75) is 76.9 Å². The number of nitrogens with one attached hydrogen (secondary N) is 1. The molecule has 0 spiro atoms. The van der Waals surface area contributed by atoms with Gasteiger partial charge in [0.25, 0.3) is 0 Å². The van der Waals surface area contributed by atoms with Crippen LogP contribution in [0.2, 0.25) is 0 Å². The van der Waals surface area contributed by atoms with E-state index in [1.54, 1.807) is 0 Å². The van der Waals surface area contributed by atoms with Crippen molar-refractivity contribution in [2.75, 3.05) is 13.2 Å². The Hall–Kier alpha value is -0.0800. The Kier molecular flexibility index (Phi) is 5.79. The molecule has 1 N–H and O–H groups in total. The van der Waals surface area contributed by atoms with Crippen LogP contribution in [0.3, 0.4) is 0 Å². The molecule has 1 saturated heterocycles. The van der Waals surface area contributed by atoms with E-state index in [4.69, 9.17) is 4.74 Å². The van der Waals surface area contributed by atoms with Crippen LogP contribution in [0.1, 0.15) is 64.7 Å². The van der Waals surface area contributed by atoms with Crippen molar-refractivity contribution in [3.63, 3.8) is 0 Å². The van der Waals surface area contributed by atoms with E-state index in [9.17, 15) is 0 Å². The second-order valence-corrected chi connectivity index (χ2v) is 5.85. The van der Waals surface area contributed by atoms with Crippen molar-refractivity contribution in [3.8, 4) is 0 Å². The van der Waals surface area contributed by atoms with Crippen LogP contribution in [-0.4, -0.2) is 25.3 Å². The largest absolute Gasteiger partial charge is 0.378 e. The first-order chi connectivity index (χ1) is 8.38. The molecule has 17 heavy (non-hydrogen) atoms. The van der Waals surface area contributed by atoms with Crippen LogP contribution in [0.5, 0.6) is 0 Å². The topological polar surface area (TPSA) is 21.3 Å². The first kappa shape index (κ1) is 13.4. The Morgan fingerprint density at radius 1 is 1.18 bits per heavy atom. The van der Waals surface area contributed by atoms with Gasteiger partial charge in [-0.25, -0.2) is 0 Å². The zero-order chi connectivity index (χ0) is 11.9. The van der Waals surface area contributed by atoms with E-state index in [0.29, 0.717) is 6.10 Å². The third kappa shape index (κ3) is 4.59. The highest BCUT2D eigenvalue weighted by Crippen LogP contribution is 2.31. The van der Waals surface area contributed by atoms with Crippen LogP contribution < -0.4 is 5.32 Å². The summed E-state index contributed by atoms with van der Waals surface area (Å²) in [5.74, 6) is 1.02. The highest BCUT2D eigenvalue weighted by Gasteiger charge is 2.23. The minimum absolute atomic E-state index is 0.561. The van der Waals surface area contributed by atoms with E-state index < -0.39 is 0 Å². The molecule has 2 fully saturated rings. The quantitative estimate of drug-likeness (QED) is 0.734. The second kappa shape index (κ2) is 7.38. The Balaban J connectivity index is 1.64. The zero-order valence-corrected chi connectivity index (χ0v) is 11.4. The molecule has 2 heteroatoms. The van der Waals surface area contributed by atoms with E-state index in [2.05, 4.69) is 12.2 Å². The van der Waals surface area contributed by atoms with Gasteiger partial charge in [-0.3, -0.25) is 0 Å². The van der Waals surface area contributed by atoms with Gasteiger partial charge >= 0.3 is 0 Å². The molecule has 2 rings (SSSR count). The van der Waals surface area contributed by atoms with Gasteiger partial charge in [0.2, 0.25) is 0 Å². The van der Waals surface area contributed by atoms with Crippen LogP contribution in [-0.2, 0) is 4.74 Å². The molecular weight excluding hydrogens is 210 g/mol. The predicted octanol–water partition coefficient (Wildman–Crippen LogP) is 3.50. The van der Waals surface area contributed by atoms with Crippen molar-refractivity contribution in [1.29, 1.82) is 0 Å². The Morgan fingerprint density at radius 3 is 2.65 bits per heavy atom. The summed E-state index contributed by atoms with van der Waals surface area (Å²) in [5, 5.41) is 3.67. The average Bonchev–Trinajstić information content (AvgIpc) is 2.32. The van der Waals surface area contributed by atoms with Gasteiger partial charge in [0.15, 0.2) is 0 Å². The maximum Gasteiger partial charge on any atom is 0.0575 e. The van der Waals surface area contributed by atoms with Gasteiger partial charge in [0.05, 0.1) is 6.10 Å². The molecule has 2 nitrogen and oxygen atoms in total. The lowest BCUT2D eigenvalue weighted by molar-refractivity contribution is 0.00795. The lowest BCUT2D eigenvalue weighted by Crippen LogP contribution is -2.34. The van der Waals surface area contributed by atoms with Crippen LogP contribution in [0.25, 0.3) is 0 Å². The predicted molar refractivity (Wildman–Crippen MR) is 72.2 cm³/mol. The van der Waals surface area contributed by atoms with Crippen LogP contribution >= 0.6 is 0 Å². The Morgan fingerprint density at radius 2 is 2.06 bits per heavy atom. The molecule has 1 aliphatic carbocycles. The van der Waals surface area contributed by atoms with Crippen molar-refractivity contribution < 1.29 is 4.74 Å². The zero-order valence-electron chi connectivity index (χ0n) is 11.4. The highest BCUT2D eigenvalue weighted by atomic mass is 16.5. The number of rotatable bonds is 7. The summed E-state index contributed by atoms with van der Waals surface area (Å²) in [6, 6.07) is 0.746. The van der Waals surface area contributed by atoms with E-state index in [1.807, 2.05) is 0 Å². The second-order valence-electron chi connectivity index (χ2n) is 5.85. The summed E-state index contributed by atoms with van der Waals surface area (Å²) in [6.45, 7) is 4.34. The molecule has 100 valence electrons. The SMILES string of the molecule is CCNC(CCC1CCCCO1)CC1CCC1. The Labute approximate surface area is 107 Å². The maximum absolute atomic E-state index is 5.82. The summed E-state index contributed by atoms with van der Waals surface area (Å²) >= 11 is 0. The van der Waals surface area contributed by atoms with Crippen molar-refractivity contribution in [3.05, 3.63) is 0 Å². The molecule has 0 aromatic carbocycles. The molecule has 2 atom stereocenters. The van der Waals surface area contributed by atoms with Gasteiger partial charge in [-0.2, -0.15) is 0 Å². The summed E-state index contributed by atoms with van der Waals surface area (Å²) in [4.78, 5) is 0. The van der Waals surface area contributed by atoms with E-state index in [1.165, 1.54) is 57.8 Å². The molecule has 0 bridgehead atoms. The standard InChI is InChI=1S/C15H29NO/c1-2-16-14(12-13-6-5-7-13)9-10-15-8-3-4-11-17-15/h13-16H,2-12H2,1H3. The Bertz CT molecular complexity index is 197. The number of hydrogen-bond acceptors (Lipinski definition) is 2. The summed E-state index contributed by atoms with van der Waals surface area (Å²) in [7, 11) is 0. The monoisotopic (exact) mass is 239 g/mol. The van der Waals surface area contributed by atoms with Crippen LogP contribution in [0, 0.1) is 5.92 Å². The van der Waals surface area contributed by atoms with Gasteiger partial charge in [-0.15, -0.1) is 0 Å². The molecular formula is C15H29NO. The van der Waals surface area contributed by atoms with Crippen LogP contribution in [0.15, 0.2) is 0 Å². The maximum atomic E-state index is 5.82. The highest BCUT2D eigenvalue weighted by molar-refractivity contribution is 4.78. The van der Waals surface area contributed by atoms with Crippen LogP contribution in [0.4, 0.5) is 0 Å². The fourth-order valence-electron chi connectivity index (χ4n) is 3.14. The molecule has 1 aliphatic heterocycles. The third-order valence-electron chi connectivity index (χ3n) is 4.45. The summed E-state index contributed by atoms with van der Waals surface area (Å²) in [5.41, 5.74) is 0. The first-order valence-corrected chi connectivity index (χ1v) is 7.73. The molecule has 0 aromatic rings. The smallest absolute Gasteiger partial charge is 0.0575 e. The van der Waals surface area contributed by atoms with Gasteiger partial charge in [-0.05, 0) is 51.0 Å². The number of ether oxygens (including phenoxy) is 1. The molecule has 1 saturated carbocycles. The lowest BCUT2D eigenvalue weighted by atomic mass is 9.80. The number of hydrogen-bond donors (Lipinski definition) is 1. The fraction of sp³-hybridized carbons (Fsp3) is 1.00. The fourth-order valence-corrected chi connectivity index (χ4v) is 3.14. The van der Waals surface area contributed by atoms with Crippen molar-refractivity contribution in [2.24, 2.45) is 5.92 Å². The minimum Gasteiger partial charge on any atom is -0.378 e. The molecule has 2 aliphatic rings. The van der Waals surface area contributed by atoms with Crippen molar-refractivity contribution in [1.82, 2.24) is 5.32 Å². The van der Waals surface area contributed by atoms with Gasteiger partial charge in [0.1, 0.15) is 0 Å².